The fraction of sp³-hybridized carbons (Fsp3) is 0.360. The zero-order valence-corrected chi connectivity index (χ0v) is 18.7. The fourth-order valence-electron chi connectivity index (χ4n) is 4.24. The summed E-state index contributed by atoms with van der Waals surface area (Å²) in [5, 5.41) is 11.2. The number of aliphatic hydroxyl groups excluding tert-OH is 1. The van der Waals surface area contributed by atoms with Crippen molar-refractivity contribution >= 4 is 17.4 Å². The minimum Gasteiger partial charge on any atom is -0.507 e. The van der Waals surface area contributed by atoms with Crippen molar-refractivity contribution in [2.24, 2.45) is 0 Å². The quantitative estimate of drug-likeness (QED) is 0.393. The summed E-state index contributed by atoms with van der Waals surface area (Å²) in [5.74, 6) is -1.17. The largest absolute Gasteiger partial charge is 0.507 e. The standard InChI is InChI=1S/C25H27FN2O5/c1-3-27(4-2)11-12-28-22(16-5-8-18(26)9-6-16)21(24(30)25(28)31)23(29)17-7-10-19-20(15-17)33-14-13-32-19/h5-10,15,22,29H,3-4,11-14H2,1-2H3/b23-21-. The highest BCUT2D eigenvalue weighted by Gasteiger charge is 2.46. The molecule has 8 heteroatoms. The molecule has 33 heavy (non-hydrogen) atoms. The van der Waals surface area contributed by atoms with E-state index in [0.29, 0.717) is 48.9 Å². The maximum atomic E-state index is 13.6. The molecule has 4 rings (SSSR count). The number of nitrogens with zero attached hydrogens (tertiary/aromatic N) is 2. The molecule has 1 N–H and O–H groups in total. The molecule has 0 bridgehead atoms. The van der Waals surface area contributed by atoms with Crippen LogP contribution >= 0.6 is 0 Å². The monoisotopic (exact) mass is 454 g/mol. The fourth-order valence-corrected chi connectivity index (χ4v) is 4.24. The van der Waals surface area contributed by atoms with Gasteiger partial charge < -0.3 is 24.4 Å². The molecule has 1 amide bonds. The number of rotatable bonds is 7. The number of carbonyl (C=O) groups excluding carboxylic acids is 2. The smallest absolute Gasteiger partial charge is 0.295 e. The molecule has 1 saturated heterocycles. The van der Waals surface area contributed by atoms with Gasteiger partial charge in [0.25, 0.3) is 11.7 Å². The summed E-state index contributed by atoms with van der Waals surface area (Å²) < 4.78 is 24.7. The Balaban J connectivity index is 1.78. The molecule has 1 atom stereocenters. The average Bonchev–Trinajstić information content (AvgIpc) is 3.09. The molecule has 174 valence electrons. The third kappa shape index (κ3) is 4.43. The lowest BCUT2D eigenvalue weighted by atomic mass is 9.95. The first-order chi connectivity index (χ1) is 15.9. The molecule has 0 aliphatic carbocycles. The third-order valence-electron chi connectivity index (χ3n) is 6.09. The van der Waals surface area contributed by atoms with Crippen LogP contribution in [0.4, 0.5) is 4.39 Å². The molecular weight excluding hydrogens is 427 g/mol. The van der Waals surface area contributed by atoms with Crippen LogP contribution in [0.15, 0.2) is 48.0 Å². The van der Waals surface area contributed by atoms with E-state index in [0.717, 1.165) is 13.1 Å². The second kappa shape index (κ2) is 9.62. The van der Waals surface area contributed by atoms with Crippen LogP contribution in [0.2, 0.25) is 0 Å². The molecule has 0 aromatic heterocycles. The van der Waals surface area contributed by atoms with Crippen LogP contribution in [0.5, 0.6) is 11.5 Å². The van der Waals surface area contributed by atoms with Gasteiger partial charge >= 0.3 is 0 Å². The Bertz CT molecular complexity index is 1080. The SMILES string of the molecule is CCN(CC)CCN1C(=O)C(=O)/C(=C(\O)c2ccc3c(c2)OCCO3)C1c1ccc(F)cc1. The first-order valence-electron chi connectivity index (χ1n) is 11.1. The summed E-state index contributed by atoms with van der Waals surface area (Å²) in [6, 6.07) is 9.68. The van der Waals surface area contributed by atoms with Crippen molar-refractivity contribution in [3.8, 4) is 11.5 Å². The minimum atomic E-state index is -0.825. The van der Waals surface area contributed by atoms with Gasteiger partial charge in [-0.05, 0) is 49.0 Å². The molecule has 2 aliphatic rings. The van der Waals surface area contributed by atoms with Crippen molar-refractivity contribution in [2.75, 3.05) is 39.4 Å². The van der Waals surface area contributed by atoms with E-state index < -0.39 is 23.5 Å². The molecule has 2 heterocycles. The lowest BCUT2D eigenvalue weighted by Crippen LogP contribution is -2.38. The Labute approximate surface area is 192 Å². The van der Waals surface area contributed by atoms with E-state index >= 15 is 0 Å². The number of ether oxygens (including phenoxy) is 2. The normalized spacial score (nSPS) is 19.4. The number of halogens is 1. The van der Waals surface area contributed by atoms with Crippen LogP contribution in [0.1, 0.15) is 31.0 Å². The first kappa shape index (κ1) is 22.8. The number of hydrogen-bond acceptors (Lipinski definition) is 6. The molecule has 1 unspecified atom stereocenters. The van der Waals surface area contributed by atoms with E-state index in [1.807, 2.05) is 13.8 Å². The zero-order valence-electron chi connectivity index (χ0n) is 18.7. The number of likely N-dealkylation sites (tertiary alicyclic amines) is 1. The second-order valence-electron chi connectivity index (χ2n) is 7.93. The number of likely N-dealkylation sites (N-methyl/N-ethyl adjacent to an activating group) is 1. The van der Waals surface area contributed by atoms with Gasteiger partial charge in [-0.1, -0.05) is 26.0 Å². The van der Waals surface area contributed by atoms with Crippen molar-refractivity contribution in [1.82, 2.24) is 9.80 Å². The maximum Gasteiger partial charge on any atom is 0.295 e. The Kier molecular flexibility index (Phi) is 6.65. The van der Waals surface area contributed by atoms with Gasteiger partial charge in [0, 0.05) is 18.7 Å². The van der Waals surface area contributed by atoms with Gasteiger partial charge in [0.15, 0.2) is 11.5 Å². The second-order valence-corrected chi connectivity index (χ2v) is 7.93. The number of benzene rings is 2. The Morgan fingerprint density at radius 3 is 2.39 bits per heavy atom. The van der Waals surface area contributed by atoms with Gasteiger partial charge in [-0.2, -0.15) is 0 Å². The molecular formula is C25H27FN2O5. The summed E-state index contributed by atoms with van der Waals surface area (Å²) in [5.41, 5.74) is 0.866. The molecule has 2 aromatic carbocycles. The summed E-state index contributed by atoms with van der Waals surface area (Å²) in [6.45, 7) is 7.34. The molecule has 2 aromatic rings. The van der Waals surface area contributed by atoms with Gasteiger partial charge in [0.2, 0.25) is 0 Å². The number of fused-ring (bicyclic) bond motifs is 1. The first-order valence-corrected chi connectivity index (χ1v) is 11.1. The molecule has 7 nitrogen and oxygen atoms in total. The Morgan fingerprint density at radius 1 is 1.06 bits per heavy atom. The molecule has 0 spiro atoms. The highest BCUT2D eigenvalue weighted by Crippen LogP contribution is 2.41. The van der Waals surface area contributed by atoms with Crippen LogP contribution in [-0.2, 0) is 9.59 Å². The number of amides is 1. The van der Waals surface area contributed by atoms with E-state index in [4.69, 9.17) is 9.47 Å². The summed E-state index contributed by atoms with van der Waals surface area (Å²) >= 11 is 0. The van der Waals surface area contributed by atoms with Crippen molar-refractivity contribution in [3.05, 3.63) is 65.0 Å². The highest BCUT2D eigenvalue weighted by atomic mass is 19.1. The van der Waals surface area contributed by atoms with Gasteiger partial charge in [0.05, 0.1) is 11.6 Å². The van der Waals surface area contributed by atoms with Crippen molar-refractivity contribution in [2.45, 2.75) is 19.9 Å². The van der Waals surface area contributed by atoms with Gasteiger partial charge in [-0.15, -0.1) is 0 Å². The van der Waals surface area contributed by atoms with E-state index in [1.54, 1.807) is 18.2 Å². The number of aliphatic hydroxyl groups is 1. The number of carbonyl (C=O) groups is 2. The van der Waals surface area contributed by atoms with Crippen molar-refractivity contribution in [3.63, 3.8) is 0 Å². The van der Waals surface area contributed by atoms with E-state index in [-0.39, 0.29) is 11.3 Å². The summed E-state index contributed by atoms with van der Waals surface area (Å²) in [4.78, 5) is 29.7. The van der Waals surface area contributed by atoms with Gasteiger partial charge in [-0.3, -0.25) is 9.59 Å². The predicted octanol–water partition coefficient (Wildman–Crippen LogP) is 3.36. The maximum absolute atomic E-state index is 13.6. The van der Waals surface area contributed by atoms with Crippen molar-refractivity contribution < 1.29 is 28.6 Å². The predicted molar refractivity (Wildman–Crippen MR) is 121 cm³/mol. The Hall–Kier alpha value is -3.39. The number of Topliss-reactive ketones (excluding diaryl/α,β-unsaturated/α-hetero) is 1. The van der Waals surface area contributed by atoms with E-state index in [1.165, 1.54) is 29.2 Å². The highest BCUT2D eigenvalue weighted by molar-refractivity contribution is 6.46. The number of hydrogen-bond donors (Lipinski definition) is 1. The van der Waals surface area contributed by atoms with E-state index in [9.17, 15) is 19.1 Å². The average molecular weight is 454 g/mol. The van der Waals surface area contributed by atoms with Crippen LogP contribution < -0.4 is 9.47 Å². The minimum absolute atomic E-state index is 0.0252. The molecule has 0 saturated carbocycles. The molecule has 1 fully saturated rings. The van der Waals surface area contributed by atoms with Crippen LogP contribution in [0.25, 0.3) is 5.76 Å². The van der Waals surface area contributed by atoms with Crippen LogP contribution in [-0.4, -0.2) is 66.0 Å². The van der Waals surface area contributed by atoms with Crippen LogP contribution in [0, 0.1) is 5.82 Å². The topological polar surface area (TPSA) is 79.3 Å². The van der Waals surface area contributed by atoms with Crippen LogP contribution in [0.3, 0.4) is 0 Å². The lowest BCUT2D eigenvalue weighted by Gasteiger charge is -2.28. The number of ketones is 1. The molecule has 0 radical (unpaired) electrons. The van der Waals surface area contributed by atoms with Gasteiger partial charge in [0.1, 0.15) is 24.8 Å². The summed E-state index contributed by atoms with van der Waals surface area (Å²) in [7, 11) is 0. The molecule has 2 aliphatic heterocycles. The summed E-state index contributed by atoms with van der Waals surface area (Å²) in [6.07, 6.45) is 0. The Morgan fingerprint density at radius 2 is 1.73 bits per heavy atom. The lowest BCUT2D eigenvalue weighted by molar-refractivity contribution is -0.140. The van der Waals surface area contributed by atoms with Crippen molar-refractivity contribution in [1.29, 1.82) is 0 Å². The zero-order chi connectivity index (χ0) is 23.5. The van der Waals surface area contributed by atoms with Gasteiger partial charge in [-0.25, -0.2) is 4.39 Å². The van der Waals surface area contributed by atoms with E-state index in [2.05, 4.69) is 4.90 Å². The third-order valence-corrected chi connectivity index (χ3v) is 6.09.